The molecule has 0 unspecified atom stereocenters. The van der Waals surface area contributed by atoms with Crippen LogP contribution in [0.1, 0.15) is 41.7 Å². The van der Waals surface area contributed by atoms with E-state index in [-0.39, 0.29) is 16.3 Å². The van der Waals surface area contributed by atoms with Crippen LogP contribution in [0, 0.1) is 0 Å². The fourth-order valence-corrected chi connectivity index (χ4v) is 6.14. The molecule has 0 aliphatic heterocycles. The zero-order valence-corrected chi connectivity index (χ0v) is 21.4. The molecule has 0 saturated heterocycles. The minimum atomic E-state index is -4.27. The predicted octanol–water partition coefficient (Wildman–Crippen LogP) is 4.84. The lowest BCUT2D eigenvalue weighted by Crippen LogP contribution is -2.32. The van der Waals surface area contributed by atoms with Crippen molar-refractivity contribution in [2.45, 2.75) is 36.2 Å². The normalized spacial score (nSPS) is 15.0. The Hall–Kier alpha value is -3.82. The molecule has 8 nitrogen and oxygen atoms in total. The van der Waals surface area contributed by atoms with Gasteiger partial charge in [-0.3, -0.25) is 9.78 Å². The van der Waals surface area contributed by atoms with Crippen molar-refractivity contribution < 1.29 is 22.7 Å². The first-order valence-electron chi connectivity index (χ1n) is 12.0. The van der Waals surface area contributed by atoms with Crippen LogP contribution in [-0.2, 0) is 20.4 Å². The number of carbonyl (C=O) groups is 1. The third-order valence-corrected chi connectivity index (χ3v) is 8.27. The molecule has 0 bridgehead atoms. The van der Waals surface area contributed by atoms with Gasteiger partial charge in [0.05, 0.1) is 23.9 Å². The average Bonchev–Trinajstić information content (AvgIpc) is 3.43. The van der Waals surface area contributed by atoms with E-state index in [1.165, 1.54) is 19.2 Å². The van der Waals surface area contributed by atoms with E-state index in [0.29, 0.717) is 5.52 Å². The highest BCUT2D eigenvalue weighted by atomic mass is 32.2. The summed E-state index contributed by atoms with van der Waals surface area (Å²) < 4.78 is 40.0. The molecular formula is C28H27N3O5S. The number of hydrogen-bond donors (Lipinski definition) is 1. The van der Waals surface area contributed by atoms with Gasteiger partial charge in [-0.25, -0.2) is 18.1 Å². The number of fused-ring (bicyclic) bond motifs is 1. The number of nitrogens with zero attached hydrogens (tertiary/aromatic N) is 2. The Morgan fingerprint density at radius 3 is 2.49 bits per heavy atom. The zero-order chi connectivity index (χ0) is 26.0. The molecule has 5 rings (SSSR count). The molecule has 0 atom stereocenters. The number of hydrogen-bond acceptors (Lipinski definition) is 7. The van der Waals surface area contributed by atoms with Crippen LogP contribution in [-0.4, -0.2) is 38.5 Å². The van der Waals surface area contributed by atoms with Crippen LogP contribution in [0.15, 0.2) is 77.8 Å². The van der Waals surface area contributed by atoms with Gasteiger partial charge in [-0.1, -0.05) is 37.1 Å². The van der Waals surface area contributed by atoms with E-state index in [1.807, 2.05) is 36.4 Å². The van der Waals surface area contributed by atoms with Crippen LogP contribution >= 0.6 is 0 Å². The fraction of sp³-hybridized carbons (Fsp3) is 0.250. The second-order valence-corrected chi connectivity index (χ2v) is 10.6. The summed E-state index contributed by atoms with van der Waals surface area (Å²) in [5.41, 5.74) is 2.37. The Balaban J connectivity index is 1.47. The zero-order valence-electron chi connectivity index (χ0n) is 20.6. The second-order valence-electron chi connectivity index (χ2n) is 8.99. The number of nitrogens with one attached hydrogen (secondary N) is 1. The Bertz CT molecular complexity index is 1570. The molecule has 2 aromatic carbocycles. The van der Waals surface area contributed by atoms with Crippen molar-refractivity contribution in [3.8, 4) is 17.0 Å². The Kier molecular flexibility index (Phi) is 6.66. The van der Waals surface area contributed by atoms with Gasteiger partial charge in [0.25, 0.3) is 15.9 Å². The van der Waals surface area contributed by atoms with Crippen LogP contribution in [0.5, 0.6) is 5.75 Å². The molecule has 0 radical (unpaired) electrons. The van der Waals surface area contributed by atoms with E-state index in [4.69, 9.17) is 9.47 Å². The topological polar surface area (TPSA) is 107 Å². The van der Waals surface area contributed by atoms with Crippen LogP contribution in [0.3, 0.4) is 0 Å². The van der Waals surface area contributed by atoms with Gasteiger partial charge in [-0.15, -0.1) is 0 Å². The van der Waals surface area contributed by atoms with Crippen molar-refractivity contribution in [2.75, 3.05) is 14.2 Å². The van der Waals surface area contributed by atoms with Gasteiger partial charge in [0, 0.05) is 24.3 Å². The van der Waals surface area contributed by atoms with E-state index >= 15 is 0 Å². The van der Waals surface area contributed by atoms with Crippen molar-refractivity contribution in [1.29, 1.82) is 0 Å². The van der Waals surface area contributed by atoms with E-state index in [9.17, 15) is 13.2 Å². The Morgan fingerprint density at radius 1 is 0.973 bits per heavy atom. The average molecular weight is 518 g/mol. The summed E-state index contributed by atoms with van der Waals surface area (Å²) in [6.07, 6.45) is 5.29. The number of benzene rings is 2. The maximum Gasteiger partial charge on any atom is 0.283 e. The molecule has 1 saturated carbocycles. The second kappa shape index (κ2) is 9.91. The quantitative estimate of drug-likeness (QED) is 0.374. The Morgan fingerprint density at radius 2 is 1.78 bits per heavy atom. The van der Waals surface area contributed by atoms with Gasteiger partial charge in [0.2, 0.25) is 0 Å². The number of pyridine rings is 2. The highest BCUT2D eigenvalue weighted by molar-refractivity contribution is 7.90. The molecule has 1 aliphatic rings. The van der Waals surface area contributed by atoms with Gasteiger partial charge >= 0.3 is 0 Å². The highest BCUT2D eigenvalue weighted by Crippen LogP contribution is 2.43. The van der Waals surface area contributed by atoms with Gasteiger partial charge in [-0.2, -0.15) is 0 Å². The molecule has 9 heteroatoms. The maximum absolute atomic E-state index is 13.4. The van der Waals surface area contributed by atoms with Crippen molar-refractivity contribution in [1.82, 2.24) is 14.7 Å². The molecule has 2 heterocycles. The monoisotopic (exact) mass is 517 g/mol. The molecular weight excluding hydrogens is 490 g/mol. The molecule has 2 aromatic heterocycles. The summed E-state index contributed by atoms with van der Waals surface area (Å²) in [5, 5.41) is 0.802. The fourth-order valence-electron chi connectivity index (χ4n) is 4.98. The lowest BCUT2D eigenvalue weighted by Gasteiger charge is -2.28. The minimum absolute atomic E-state index is 0.0199. The molecule has 0 spiro atoms. The minimum Gasteiger partial charge on any atom is -0.495 e. The first-order chi connectivity index (χ1) is 17.9. The van der Waals surface area contributed by atoms with Crippen LogP contribution in [0.25, 0.3) is 22.2 Å². The van der Waals surface area contributed by atoms with Crippen LogP contribution in [0.4, 0.5) is 0 Å². The molecule has 4 aromatic rings. The number of carbonyl (C=O) groups excluding carboxylic acids is 1. The number of amides is 1. The van der Waals surface area contributed by atoms with E-state index in [1.54, 1.807) is 31.5 Å². The first kappa shape index (κ1) is 24.9. The number of methoxy groups -OCH3 is 2. The largest absolute Gasteiger partial charge is 0.495 e. The predicted molar refractivity (Wildman–Crippen MR) is 140 cm³/mol. The SMILES string of the molecule is COc1ccc(C2(OC)CCCC2)cc1S(=O)(=O)NC(=O)c1ccc2c(-c3ccccn3)cccc2n1. The lowest BCUT2D eigenvalue weighted by molar-refractivity contribution is -0.00891. The van der Waals surface area contributed by atoms with Gasteiger partial charge in [0.15, 0.2) is 0 Å². The van der Waals surface area contributed by atoms with Crippen molar-refractivity contribution >= 4 is 26.8 Å². The van der Waals surface area contributed by atoms with Gasteiger partial charge in [-0.05, 0) is 60.9 Å². The maximum atomic E-state index is 13.4. The number of sulfonamides is 1. The summed E-state index contributed by atoms with van der Waals surface area (Å²) in [7, 11) is -1.25. The van der Waals surface area contributed by atoms with Crippen molar-refractivity contribution in [3.05, 3.63) is 84.2 Å². The summed E-state index contributed by atoms with van der Waals surface area (Å²) >= 11 is 0. The summed E-state index contributed by atoms with van der Waals surface area (Å²) in [4.78, 5) is 21.8. The molecule has 1 N–H and O–H groups in total. The number of aromatic nitrogens is 2. The summed E-state index contributed by atoms with van der Waals surface area (Å²) in [5.74, 6) is -0.695. The molecule has 1 amide bonds. The smallest absolute Gasteiger partial charge is 0.283 e. The van der Waals surface area contributed by atoms with Crippen LogP contribution < -0.4 is 9.46 Å². The molecule has 37 heavy (non-hydrogen) atoms. The summed E-state index contributed by atoms with van der Waals surface area (Å²) in [6, 6.07) is 19.3. The standard InChI is InChI=1S/C28H27N3O5S/c1-35-25-14-11-19(28(36-2)15-4-5-16-28)18-26(25)37(33,34)31-27(32)24-13-12-21-20(8-7-10-23(21)30-24)22-9-3-6-17-29-22/h3,6-14,17-18H,4-5,15-16H2,1-2H3,(H,31,32). The number of ether oxygens (including phenoxy) is 2. The van der Waals surface area contributed by atoms with Gasteiger partial charge in [0.1, 0.15) is 16.3 Å². The van der Waals surface area contributed by atoms with Crippen molar-refractivity contribution in [3.63, 3.8) is 0 Å². The summed E-state index contributed by atoms with van der Waals surface area (Å²) in [6.45, 7) is 0. The third-order valence-electron chi connectivity index (χ3n) is 6.91. The van der Waals surface area contributed by atoms with E-state index in [2.05, 4.69) is 14.7 Å². The molecule has 1 aliphatic carbocycles. The van der Waals surface area contributed by atoms with Crippen molar-refractivity contribution in [2.24, 2.45) is 0 Å². The van der Waals surface area contributed by atoms with Gasteiger partial charge < -0.3 is 9.47 Å². The first-order valence-corrected chi connectivity index (χ1v) is 13.5. The van der Waals surface area contributed by atoms with E-state index in [0.717, 1.165) is 47.9 Å². The number of rotatable bonds is 7. The molecule has 1 fully saturated rings. The molecule has 190 valence electrons. The highest BCUT2D eigenvalue weighted by Gasteiger charge is 2.37. The third kappa shape index (κ3) is 4.68. The van der Waals surface area contributed by atoms with E-state index < -0.39 is 21.5 Å². The Labute approximate surface area is 215 Å². The van der Waals surface area contributed by atoms with Crippen LogP contribution in [0.2, 0.25) is 0 Å². The lowest BCUT2D eigenvalue weighted by atomic mass is 9.92.